The molecule has 2 aromatic rings. The number of benzene rings is 1. The van der Waals surface area contributed by atoms with Crippen LogP contribution in [0.5, 0.6) is 0 Å². The van der Waals surface area contributed by atoms with E-state index in [-0.39, 0.29) is 11.9 Å². The number of halogens is 1. The first kappa shape index (κ1) is 30.7. The lowest BCUT2D eigenvalue weighted by atomic mass is 10.1. The molecule has 1 aromatic heterocycles. The number of aryl methyl sites for hydroxylation is 1. The molecule has 2 amide bonds. The highest BCUT2D eigenvalue weighted by Gasteiger charge is 2.54. The number of likely N-dealkylation sites (tertiary alicyclic amines) is 1. The van der Waals surface area contributed by atoms with Gasteiger partial charge in [0.1, 0.15) is 11.7 Å². The van der Waals surface area contributed by atoms with Crippen molar-refractivity contribution in [2.24, 2.45) is 0 Å². The quantitative estimate of drug-likeness (QED) is 0.486. The predicted octanol–water partition coefficient (Wildman–Crippen LogP) is 5.50. The van der Waals surface area contributed by atoms with E-state index in [1.54, 1.807) is 18.4 Å². The van der Waals surface area contributed by atoms with Crippen LogP contribution in [0, 0.1) is 6.92 Å². The molecular weight excluding hydrogens is 463 g/mol. The molecule has 1 saturated heterocycles. The molecule has 2 atom stereocenters. The van der Waals surface area contributed by atoms with Crippen LogP contribution in [-0.4, -0.2) is 53.5 Å². The Labute approximate surface area is 214 Å². The number of thiazole rings is 1. The first-order valence-electron chi connectivity index (χ1n) is 12.7. The Morgan fingerprint density at radius 1 is 1.26 bits per heavy atom. The van der Waals surface area contributed by atoms with E-state index in [1.807, 2.05) is 64.1 Å². The van der Waals surface area contributed by atoms with Gasteiger partial charge in [-0.1, -0.05) is 52.0 Å². The lowest BCUT2D eigenvalue weighted by Crippen LogP contribution is -2.52. The summed E-state index contributed by atoms with van der Waals surface area (Å²) in [6.07, 6.45) is 3.84. The number of nitrogens with one attached hydrogen (secondary N) is 2. The van der Waals surface area contributed by atoms with Crippen LogP contribution >= 0.6 is 11.3 Å². The third-order valence-electron chi connectivity index (χ3n) is 5.97. The molecule has 2 heterocycles. The molecule has 1 aliphatic heterocycles. The van der Waals surface area contributed by atoms with Gasteiger partial charge in [-0.05, 0) is 57.7 Å². The van der Waals surface area contributed by atoms with Crippen molar-refractivity contribution in [1.82, 2.24) is 20.5 Å². The SMILES string of the molecule is CC.CC.CNC(C(=O)N1CCCC1C)C1(F)CC1.Cc1ncsc1-c1ccc(CNC=O)cc1. The van der Waals surface area contributed by atoms with Crippen molar-refractivity contribution >= 4 is 23.7 Å². The van der Waals surface area contributed by atoms with Gasteiger partial charge >= 0.3 is 0 Å². The lowest BCUT2D eigenvalue weighted by molar-refractivity contribution is -0.136. The van der Waals surface area contributed by atoms with Gasteiger partial charge in [-0.15, -0.1) is 11.3 Å². The van der Waals surface area contributed by atoms with E-state index in [0.29, 0.717) is 25.8 Å². The molecule has 4 rings (SSSR count). The van der Waals surface area contributed by atoms with E-state index in [1.165, 1.54) is 10.4 Å². The smallest absolute Gasteiger partial charge is 0.243 e. The molecule has 0 radical (unpaired) electrons. The predicted molar refractivity (Wildman–Crippen MR) is 144 cm³/mol. The van der Waals surface area contributed by atoms with Crippen molar-refractivity contribution in [2.75, 3.05) is 13.6 Å². The Balaban J connectivity index is 0.000000307. The van der Waals surface area contributed by atoms with Gasteiger partial charge in [-0.2, -0.15) is 0 Å². The summed E-state index contributed by atoms with van der Waals surface area (Å²) in [5, 5.41) is 5.48. The van der Waals surface area contributed by atoms with E-state index in [4.69, 9.17) is 0 Å². The molecule has 2 aliphatic rings. The van der Waals surface area contributed by atoms with E-state index in [2.05, 4.69) is 27.8 Å². The summed E-state index contributed by atoms with van der Waals surface area (Å²) in [4.78, 5) is 29.5. The van der Waals surface area contributed by atoms with Gasteiger partial charge < -0.3 is 15.5 Å². The molecule has 1 aromatic carbocycles. The molecule has 0 spiro atoms. The average molecular weight is 507 g/mol. The van der Waals surface area contributed by atoms with Crippen LogP contribution in [0.4, 0.5) is 4.39 Å². The second kappa shape index (κ2) is 15.6. The van der Waals surface area contributed by atoms with E-state index >= 15 is 0 Å². The summed E-state index contributed by atoms with van der Waals surface area (Å²) < 4.78 is 13.9. The highest BCUT2D eigenvalue weighted by atomic mass is 32.1. The van der Waals surface area contributed by atoms with Crippen LogP contribution in [0.25, 0.3) is 10.4 Å². The van der Waals surface area contributed by atoms with Gasteiger partial charge in [0.25, 0.3) is 0 Å². The van der Waals surface area contributed by atoms with Crippen LogP contribution < -0.4 is 10.6 Å². The molecule has 1 aliphatic carbocycles. The third-order valence-corrected chi connectivity index (χ3v) is 6.95. The number of nitrogens with zero attached hydrogens (tertiary/aromatic N) is 2. The number of hydrogen-bond donors (Lipinski definition) is 2. The summed E-state index contributed by atoms with van der Waals surface area (Å²) in [5.74, 6) is -0.0532. The minimum absolute atomic E-state index is 0.0532. The minimum Gasteiger partial charge on any atom is -0.355 e. The summed E-state index contributed by atoms with van der Waals surface area (Å²) in [5.41, 5.74) is 3.91. The lowest BCUT2D eigenvalue weighted by Gasteiger charge is -2.28. The van der Waals surface area contributed by atoms with Gasteiger partial charge in [0.15, 0.2) is 0 Å². The van der Waals surface area contributed by atoms with Crippen LogP contribution in [-0.2, 0) is 16.1 Å². The number of alkyl halides is 1. The van der Waals surface area contributed by atoms with Crippen LogP contribution in [0.15, 0.2) is 29.8 Å². The number of likely N-dealkylation sites (N-methyl/N-ethyl adjacent to an activating group) is 1. The van der Waals surface area contributed by atoms with Crippen LogP contribution in [0.3, 0.4) is 0 Å². The van der Waals surface area contributed by atoms with Crippen molar-refractivity contribution in [2.45, 2.75) is 91.5 Å². The van der Waals surface area contributed by atoms with Crippen molar-refractivity contribution in [3.63, 3.8) is 0 Å². The average Bonchev–Trinajstić information content (AvgIpc) is 3.26. The number of hydrogen-bond acceptors (Lipinski definition) is 5. The maximum Gasteiger partial charge on any atom is 0.243 e. The highest BCUT2D eigenvalue weighted by Crippen LogP contribution is 2.43. The largest absolute Gasteiger partial charge is 0.355 e. The maximum absolute atomic E-state index is 13.9. The normalized spacial score (nSPS) is 17.9. The first-order chi connectivity index (χ1) is 16.9. The zero-order valence-electron chi connectivity index (χ0n) is 22.4. The fourth-order valence-corrected chi connectivity index (χ4v) is 4.76. The van der Waals surface area contributed by atoms with Crippen molar-refractivity contribution in [1.29, 1.82) is 0 Å². The minimum atomic E-state index is -1.27. The maximum atomic E-state index is 13.9. The molecular formula is C27H43FN4O2S. The second-order valence-corrected chi connectivity index (χ2v) is 9.10. The molecule has 1 saturated carbocycles. The summed E-state index contributed by atoms with van der Waals surface area (Å²) in [6.45, 7) is 13.4. The monoisotopic (exact) mass is 506 g/mol. The summed E-state index contributed by atoms with van der Waals surface area (Å²) in [6, 6.07) is 7.80. The summed E-state index contributed by atoms with van der Waals surface area (Å²) >= 11 is 1.64. The summed E-state index contributed by atoms with van der Waals surface area (Å²) in [7, 11) is 1.67. The molecule has 2 N–H and O–H groups in total. The van der Waals surface area contributed by atoms with Gasteiger partial charge in [-0.25, -0.2) is 9.37 Å². The Morgan fingerprint density at radius 2 is 1.89 bits per heavy atom. The number of carbonyl (C=O) groups excluding carboxylic acids is 2. The molecule has 35 heavy (non-hydrogen) atoms. The zero-order chi connectivity index (χ0) is 26.4. The number of amides is 2. The number of carbonyl (C=O) groups is 2. The van der Waals surface area contributed by atoms with E-state index in [0.717, 1.165) is 30.6 Å². The van der Waals surface area contributed by atoms with Gasteiger partial charge in [-0.3, -0.25) is 9.59 Å². The van der Waals surface area contributed by atoms with Crippen molar-refractivity contribution in [3.05, 3.63) is 41.0 Å². The fraction of sp³-hybridized carbons (Fsp3) is 0.593. The highest BCUT2D eigenvalue weighted by molar-refractivity contribution is 7.13. The van der Waals surface area contributed by atoms with Crippen molar-refractivity contribution in [3.8, 4) is 10.4 Å². The molecule has 6 nitrogen and oxygen atoms in total. The fourth-order valence-electron chi connectivity index (χ4n) is 3.95. The standard InChI is InChI=1S/C12H12N2OS.C11H19FN2O.2C2H6/c1-9-12(16-8-14-9)11-4-2-10(3-5-11)6-13-7-15;1-8-4-3-7-14(8)10(15)9(13-2)11(12)5-6-11;2*1-2/h2-5,7-8H,6H2,1H3,(H,13,15);8-9,13H,3-7H2,1-2H3;2*1-2H3. The third kappa shape index (κ3) is 8.69. The van der Waals surface area contributed by atoms with Crippen molar-refractivity contribution < 1.29 is 14.0 Å². The molecule has 0 bridgehead atoms. The number of rotatable bonds is 7. The Hall–Kier alpha value is -2.32. The van der Waals surface area contributed by atoms with E-state index in [9.17, 15) is 14.0 Å². The van der Waals surface area contributed by atoms with Gasteiger partial charge in [0.2, 0.25) is 12.3 Å². The molecule has 196 valence electrons. The Morgan fingerprint density at radius 3 is 2.31 bits per heavy atom. The molecule has 2 unspecified atom stereocenters. The molecule has 8 heteroatoms. The second-order valence-electron chi connectivity index (χ2n) is 8.24. The zero-order valence-corrected chi connectivity index (χ0v) is 23.2. The van der Waals surface area contributed by atoms with Crippen LogP contribution in [0.2, 0.25) is 0 Å². The topological polar surface area (TPSA) is 74.3 Å². The Bertz CT molecular complexity index is 884. The van der Waals surface area contributed by atoms with Gasteiger partial charge in [0.05, 0.1) is 16.1 Å². The first-order valence-corrected chi connectivity index (χ1v) is 13.6. The van der Waals surface area contributed by atoms with Crippen LogP contribution in [0.1, 0.15) is 71.6 Å². The molecule has 2 fully saturated rings. The van der Waals surface area contributed by atoms with Gasteiger partial charge in [0, 0.05) is 19.1 Å². The Kier molecular flexibility index (Phi) is 13.7. The number of aromatic nitrogens is 1. The van der Waals surface area contributed by atoms with E-state index < -0.39 is 11.7 Å².